The van der Waals surface area contributed by atoms with Crippen molar-refractivity contribution in [2.75, 3.05) is 6.16 Å². The lowest BCUT2D eigenvalue weighted by Crippen LogP contribution is -2.34. The quantitative estimate of drug-likeness (QED) is 0.564. The van der Waals surface area contributed by atoms with Crippen molar-refractivity contribution in [3.8, 4) is 0 Å². The van der Waals surface area contributed by atoms with Crippen LogP contribution in [0.3, 0.4) is 0 Å². The predicted octanol–water partition coefficient (Wildman–Crippen LogP) is 3.91. The van der Waals surface area contributed by atoms with Gasteiger partial charge in [0.15, 0.2) is 0 Å². The number of benzene rings is 1. The summed E-state index contributed by atoms with van der Waals surface area (Å²) in [5.74, 6) is 4.03. The van der Waals surface area contributed by atoms with Gasteiger partial charge in [0.25, 0.3) is 0 Å². The summed E-state index contributed by atoms with van der Waals surface area (Å²) in [6, 6.07) is 10.4. The smallest absolute Gasteiger partial charge is 0.119 e. The molecule has 5 rings (SSSR count). The average Bonchev–Trinajstić information content (AvgIpc) is 3.19. The van der Waals surface area contributed by atoms with Crippen LogP contribution in [0.15, 0.2) is 42.5 Å². The Morgan fingerprint density at radius 3 is 2.70 bits per heavy atom. The molecule has 2 heteroatoms. The van der Waals surface area contributed by atoms with Crippen LogP contribution in [0.1, 0.15) is 19.3 Å². The molecule has 0 spiro atoms. The molecule has 104 valence electrons. The fourth-order valence-corrected chi connectivity index (χ4v) is 10.4. The highest BCUT2D eigenvalue weighted by Crippen LogP contribution is 2.74. The molecule has 1 heterocycles. The number of hydrogen-bond acceptors (Lipinski definition) is 1. The highest BCUT2D eigenvalue weighted by Gasteiger charge is 2.64. The van der Waals surface area contributed by atoms with Crippen LogP contribution in [-0.2, 0) is 4.57 Å². The fourth-order valence-electron chi connectivity index (χ4n) is 6.16. The molecule has 0 radical (unpaired) electrons. The van der Waals surface area contributed by atoms with Gasteiger partial charge in [-0.3, -0.25) is 0 Å². The van der Waals surface area contributed by atoms with Gasteiger partial charge in [-0.2, -0.15) is 0 Å². The Bertz CT molecular complexity index is 620. The lowest BCUT2D eigenvalue weighted by atomic mass is 9.74. The molecule has 1 aliphatic heterocycles. The zero-order valence-corrected chi connectivity index (χ0v) is 12.6. The predicted molar refractivity (Wildman–Crippen MR) is 82.8 cm³/mol. The lowest BCUT2D eigenvalue weighted by Gasteiger charge is -2.36. The van der Waals surface area contributed by atoms with E-state index in [1.165, 1.54) is 24.6 Å². The van der Waals surface area contributed by atoms with Crippen molar-refractivity contribution in [1.29, 1.82) is 0 Å². The molecule has 4 aliphatic rings. The van der Waals surface area contributed by atoms with Crippen LogP contribution in [0.25, 0.3) is 0 Å². The monoisotopic (exact) mass is 284 g/mol. The van der Waals surface area contributed by atoms with Gasteiger partial charge in [-0.15, -0.1) is 0 Å². The van der Waals surface area contributed by atoms with Gasteiger partial charge < -0.3 is 4.57 Å². The van der Waals surface area contributed by atoms with Gasteiger partial charge in [0.2, 0.25) is 0 Å². The van der Waals surface area contributed by atoms with E-state index in [0.29, 0.717) is 5.66 Å². The first-order valence-corrected chi connectivity index (χ1v) is 10.1. The van der Waals surface area contributed by atoms with Crippen molar-refractivity contribution >= 4 is 12.4 Å². The first kappa shape index (κ1) is 11.8. The van der Waals surface area contributed by atoms with E-state index in [1.54, 1.807) is 0 Å². The van der Waals surface area contributed by atoms with E-state index in [1.807, 2.05) is 6.07 Å². The lowest BCUT2D eigenvalue weighted by molar-refractivity contribution is 0.221. The molecule has 1 nitrogen and oxygen atoms in total. The Hall–Kier alpha value is -0.810. The van der Waals surface area contributed by atoms with Crippen LogP contribution in [-0.4, -0.2) is 11.8 Å². The second-order valence-corrected chi connectivity index (χ2v) is 10.4. The minimum atomic E-state index is -2.15. The zero-order chi connectivity index (χ0) is 13.3. The summed E-state index contributed by atoms with van der Waals surface area (Å²) in [7, 11) is -2.15. The molecular formula is C18H21OP. The maximum Gasteiger partial charge on any atom is 0.119 e. The van der Waals surface area contributed by atoms with Gasteiger partial charge in [0, 0.05) is 17.1 Å². The summed E-state index contributed by atoms with van der Waals surface area (Å²) >= 11 is 0. The molecule has 3 fully saturated rings. The van der Waals surface area contributed by atoms with Gasteiger partial charge in [-0.05, 0) is 48.9 Å². The van der Waals surface area contributed by atoms with Crippen molar-refractivity contribution in [1.82, 2.24) is 0 Å². The molecule has 2 saturated carbocycles. The van der Waals surface area contributed by atoms with Crippen LogP contribution in [0.2, 0.25) is 0 Å². The number of rotatable bonds is 1. The summed E-state index contributed by atoms with van der Waals surface area (Å²) in [4.78, 5) is 0. The van der Waals surface area contributed by atoms with Crippen molar-refractivity contribution in [3.63, 3.8) is 0 Å². The van der Waals surface area contributed by atoms with Gasteiger partial charge in [-0.1, -0.05) is 42.5 Å². The molecular weight excluding hydrogens is 263 g/mol. The first-order chi connectivity index (χ1) is 9.79. The Morgan fingerprint density at radius 2 is 1.85 bits per heavy atom. The van der Waals surface area contributed by atoms with E-state index in [9.17, 15) is 4.57 Å². The number of fused-ring (bicyclic) bond motifs is 8. The van der Waals surface area contributed by atoms with Crippen molar-refractivity contribution < 1.29 is 4.57 Å². The minimum Gasteiger partial charge on any atom is -0.318 e. The summed E-state index contributed by atoms with van der Waals surface area (Å²) in [5.41, 5.74) is 0.524. The van der Waals surface area contributed by atoms with E-state index in [-0.39, 0.29) is 0 Å². The van der Waals surface area contributed by atoms with Crippen LogP contribution in [0, 0.1) is 29.6 Å². The van der Waals surface area contributed by atoms with E-state index in [4.69, 9.17) is 0 Å². The second-order valence-electron chi connectivity index (χ2n) is 7.27. The third-order valence-electron chi connectivity index (χ3n) is 6.75. The van der Waals surface area contributed by atoms with Crippen LogP contribution < -0.4 is 5.30 Å². The van der Waals surface area contributed by atoms with Gasteiger partial charge in [0.1, 0.15) is 7.14 Å². The molecule has 1 saturated heterocycles. The normalized spacial score (nSPS) is 51.4. The topological polar surface area (TPSA) is 17.1 Å². The van der Waals surface area contributed by atoms with E-state index >= 15 is 0 Å². The van der Waals surface area contributed by atoms with E-state index in [0.717, 1.165) is 35.8 Å². The van der Waals surface area contributed by atoms with Gasteiger partial charge in [0.05, 0.1) is 0 Å². The van der Waals surface area contributed by atoms with E-state index in [2.05, 4.69) is 36.4 Å². The average molecular weight is 284 g/mol. The highest BCUT2D eigenvalue weighted by atomic mass is 31.2. The van der Waals surface area contributed by atoms with Crippen LogP contribution in [0.4, 0.5) is 0 Å². The Labute approximate surface area is 120 Å². The Balaban J connectivity index is 1.58. The largest absolute Gasteiger partial charge is 0.318 e. The summed E-state index contributed by atoms with van der Waals surface area (Å²) in [6.07, 6.45) is 9.69. The first-order valence-electron chi connectivity index (χ1n) is 8.10. The standard InChI is InChI=1S/C18H21OP/c19-20(12-5-2-1-3-6-12)10-9-15-16-11-17(18(15)20)14-8-4-7-13(14)16/h1-7,13-18H,8-11H2/t13-,14+,15?,16+,17-,18?,20?/m1/s1. The number of allylic oxidation sites excluding steroid dienone is 2. The summed E-state index contributed by atoms with van der Waals surface area (Å²) < 4.78 is 13.8. The molecule has 0 aromatic heterocycles. The molecule has 0 N–H and O–H groups in total. The van der Waals surface area contributed by atoms with E-state index < -0.39 is 7.14 Å². The minimum absolute atomic E-state index is 0.524. The zero-order valence-electron chi connectivity index (χ0n) is 11.7. The molecule has 3 aliphatic carbocycles. The van der Waals surface area contributed by atoms with Gasteiger partial charge >= 0.3 is 0 Å². The van der Waals surface area contributed by atoms with Crippen molar-refractivity contribution in [3.05, 3.63) is 42.5 Å². The maximum atomic E-state index is 13.8. The van der Waals surface area contributed by atoms with Gasteiger partial charge in [-0.25, -0.2) is 0 Å². The highest BCUT2D eigenvalue weighted by molar-refractivity contribution is 7.72. The number of hydrogen-bond donors (Lipinski definition) is 0. The Kier molecular flexibility index (Phi) is 2.29. The molecule has 1 aromatic carbocycles. The van der Waals surface area contributed by atoms with Crippen LogP contribution >= 0.6 is 7.14 Å². The Morgan fingerprint density at radius 1 is 1.00 bits per heavy atom. The van der Waals surface area contributed by atoms with Crippen LogP contribution in [0.5, 0.6) is 0 Å². The van der Waals surface area contributed by atoms with Crippen molar-refractivity contribution in [2.45, 2.75) is 24.9 Å². The maximum absolute atomic E-state index is 13.8. The third kappa shape index (κ3) is 1.29. The molecule has 1 aromatic rings. The third-order valence-corrected chi connectivity index (χ3v) is 10.6. The molecule has 2 bridgehead atoms. The van der Waals surface area contributed by atoms with Crippen molar-refractivity contribution in [2.24, 2.45) is 29.6 Å². The molecule has 7 atom stereocenters. The molecule has 3 unspecified atom stereocenters. The summed E-state index contributed by atoms with van der Waals surface area (Å²) in [6.45, 7) is 0. The molecule has 0 amide bonds. The fraction of sp³-hybridized carbons (Fsp3) is 0.556. The summed E-state index contributed by atoms with van der Waals surface area (Å²) in [5, 5.41) is 1.17. The SMILES string of the molecule is O=P1(c2ccccc2)CCC2C1[C@@H]1C[C@H]2[C@@H]2C=CC[C@@H]21. The second kappa shape index (κ2) is 3.89. The molecule has 20 heavy (non-hydrogen) atoms.